The highest BCUT2D eigenvalue weighted by Crippen LogP contribution is 2.51. The number of allylic oxidation sites excluding steroid dienone is 1. The van der Waals surface area contributed by atoms with Crippen molar-refractivity contribution in [1.82, 2.24) is 0 Å². The van der Waals surface area contributed by atoms with Crippen molar-refractivity contribution in [3.63, 3.8) is 0 Å². The van der Waals surface area contributed by atoms with E-state index in [1.54, 1.807) is 24.3 Å². The minimum Gasteiger partial charge on any atom is -0.504 e. The van der Waals surface area contributed by atoms with Crippen LogP contribution in [-0.2, 0) is 14.3 Å². The predicted octanol–water partition coefficient (Wildman–Crippen LogP) is 3.40. The number of fused-ring (bicyclic) bond motifs is 1. The third kappa shape index (κ3) is 4.18. The molecule has 0 saturated heterocycles. The molecule has 152 valence electrons. The highest BCUT2D eigenvalue weighted by atomic mass is 16.5. The number of hydrogen-bond acceptors (Lipinski definition) is 7. The average Bonchev–Trinajstić information content (AvgIpc) is 3.08. The molecule has 7 nitrogen and oxygen atoms in total. The molecule has 1 N–H and O–H groups in total. The van der Waals surface area contributed by atoms with Crippen LogP contribution >= 0.6 is 0 Å². The van der Waals surface area contributed by atoms with E-state index < -0.39 is 12.1 Å². The third-order valence-corrected chi connectivity index (χ3v) is 4.70. The van der Waals surface area contributed by atoms with E-state index in [1.165, 1.54) is 33.3 Å². The minimum atomic E-state index is -0.488. The van der Waals surface area contributed by atoms with Crippen LogP contribution in [0.25, 0.3) is 6.08 Å². The lowest BCUT2D eigenvalue weighted by Crippen LogP contribution is -2.17. The molecule has 0 saturated carbocycles. The second kappa shape index (κ2) is 8.68. The summed E-state index contributed by atoms with van der Waals surface area (Å²) in [5, 5.41) is 9.90. The van der Waals surface area contributed by atoms with Crippen LogP contribution in [0.1, 0.15) is 35.6 Å². The molecule has 1 aliphatic rings. The number of carbonyl (C=O) groups is 2. The fraction of sp³-hybridized carbons (Fsp3) is 0.273. The lowest BCUT2D eigenvalue weighted by molar-refractivity contribution is -0.141. The molecule has 0 fully saturated rings. The Bertz CT molecular complexity index is 948. The van der Waals surface area contributed by atoms with Crippen molar-refractivity contribution in [1.29, 1.82) is 0 Å². The van der Waals surface area contributed by atoms with Gasteiger partial charge in [-0.3, -0.25) is 9.59 Å². The SMILES string of the molecule is COc1cc(C2Oc3c(OC)cc(/C=C/C=O)cc3C2COC(C)=O)ccc1O. The van der Waals surface area contributed by atoms with Gasteiger partial charge >= 0.3 is 5.97 Å². The van der Waals surface area contributed by atoms with Crippen molar-refractivity contribution in [2.45, 2.75) is 18.9 Å². The van der Waals surface area contributed by atoms with Gasteiger partial charge in [-0.15, -0.1) is 0 Å². The topological polar surface area (TPSA) is 91.3 Å². The Labute approximate surface area is 168 Å². The summed E-state index contributed by atoms with van der Waals surface area (Å²) in [5.74, 6) is 0.669. The maximum absolute atomic E-state index is 11.4. The molecule has 2 unspecified atom stereocenters. The van der Waals surface area contributed by atoms with Gasteiger partial charge < -0.3 is 24.1 Å². The molecule has 2 aromatic rings. The van der Waals surface area contributed by atoms with Gasteiger partial charge in [0, 0.05) is 12.5 Å². The predicted molar refractivity (Wildman–Crippen MR) is 105 cm³/mol. The Morgan fingerprint density at radius 3 is 2.59 bits per heavy atom. The van der Waals surface area contributed by atoms with Crippen molar-refractivity contribution >= 4 is 18.3 Å². The highest BCUT2D eigenvalue weighted by molar-refractivity contribution is 5.75. The molecule has 2 aromatic carbocycles. The van der Waals surface area contributed by atoms with E-state index in [0.717, 1.165) is 16.7 Å². The van der Waals surface area contributed by atoms with E-state index in [0.29, 0.717) is 23.5 Å². The zero-order valence-electron chi connectivity index (χ0n) is 16.4. The number of rotatable bonds is 7. The number of methoxy groups -OCH3 is 2. The van der Waals surface area contributed by atoms with Crippen LogP contribution in [0.5, 0.6) is 23.0 Å². The first-order valence-corrected chi connectivity index (χ1v) is 8.99. The van der Waals surface area contributed by atoms with Crippen molar-refractivity contribution in [3.05, 3.63) is 53.1 Å². The van der Waals surface area contributed by atoms with E-state index in [1.807, 2.05) is 6.07 Å². The van der Waals surface area contributed by atoms with Gasteiger partial charge in [0.05, 0.1) is 20.1 Å². The molecule has 0 radical (unpaired) electrons. The molecule has 7 heteroatoms. The molecule has 1 aliphatic heterocycles. The summed E-state index contributed by atoms with van der Waals surface area (Å²) in [4.78, 5) is 22.1. The zero-order valence-corrected chi connectivity index (χ0v) is 16.4. The largest absolute Gasteiger partial charge is 0.504 e. The van der Waals surface area contributed by atoms with Crippen molar-refractivity contribution in [3.8, 4) is 23.0 Å². The zero-order chi connectivity index (χ0) is 21.0. The fourth-order valence-corrected chi connectivity index (χ4v) is 3.37. The summed E-state index contributed by atoms with van der Waals surface area (Å²) >= 11 is 0. The normalized spacial score (nSPS) is 17.5. The Kier molecular flexibility index (Phi) is 6.07. The number of hydrogen-bond donors (Lipinski definition) is 1. The van der Waals surface area contributed by atoms with Crippen molar-refractivity contribution < 1.29 is 33.6 Å². The van der Waals surface area contributed by atoms with E-state index in [-0.39, 0.29) is 18.3 Å². The first-order chi connectivity index (χ1) is 14.0. The molecule has 0 bridgehead atoms. The van der Waals surface area contributed by atoms with Crippen LogP contribution in [0.15, 0.2) is 36.4 Å². The van der Waals surface area contributed by atoms with E-state index in [4.69, 9.17) is 18.9 Å². The molecular formula is C22H22O7. The first-order valence-electron chi connectivity index (χ1n) is 8.99. The molecule has 0 aliphatic carbocycles. The number of phenols is 1. The van der Waals surface area contributed by atoms with E-state index in [2.05, 4.69) is 0 Å². The number of aromatic hydroxyl groups is 1. The van der Waals surface area contributed by atoms with Gasteiger partial charge in [0.25, 0.3) is 0 Å². The summed E-state index contributed by atoms with van der Waals surface area (Å²) in [6, 6.07) is 8.59. The van der Waals surface area contributed by atoms with Gasteiger partial charge in [-0.25, -0.2) is 0 Å². The molecule has 0 spiro atoms. The lowest BCUT2D eigenvalue weighted by atomic mass is 9.90. The van der Waals surface area contributed by atoms with Gasteiger partial charge in [0.15, 0.2) is 23.0 Å². The minimum absolute atomic E-state index is 0.0159. The Hall–Kier alpha value is -3.48. The molecule has 2 atom stereocenters. The van der Waals surface area contributed by atoms with E-state index >= 15 is 0 Å². The second-order valence-corrected chi connectivity index (χ2v) is 6.52. The Morgan fingerprint density at radius 1 is 1.17 bits per heavy atom. The quantitative estimate of drug-likeness (QED) is 0.434. The van der Waals surface area contributed by atoms with E-state index in [9.17, 15) is 14.7 Å². The summed E-state index contributed by atoms with van der Waals surface area (Å²) in [6.07, 6.45) is 3.26. The van der Waals surface area contributed by atoms with Gasteiger partial charge in [-0.05, 0) is 41.5 Å². The number of ether oxygens (including phenoxy) is 4. The number of phenolic OH excluding ortho intramolecular Hbond substituents is 1. The summed E-state index contributed by atoms with van der Waals surface area (Å²) < 4.78 is 22.2. The number of benzene rings is 2. The smallest absolute Gasteiger partial charge is 0.302 e. The van der Waals surface area contributed by atoms with Gasteiger partial charge in [0.2, 0.25) is 0 Å². The highest BCUT2D eigenvalue weighted by Gasteiger charge is 2.39. The monoisotopic (exact) mass is 398 g/mol. The molecule has 29 heavy (non-hydrogen) atoms. The standard InChI is InChI=1S/C22H22O7/c1-13(24)28-12-17-16-9-14(5-4-8-23)10-20(27-3)22(16)29-21(17)15-6-7-18(25)19(11-15)26-2/h4-11,17,21,25H,12H2,1-3H3/b5-4+. The van der Waals surface area contributed by atoms with Gasteiger partial charge in [0.1, 0.15) is 19.0 Å². The van der Waals surface area contributed by atoms with Gasteiger partial charge in [-0.2, -0.15) is 0 Å². The van der Waals surface area contributed by atoms with Crippen LogP contribution in [0.3, 0.4) is 0 Å². The summed E-state index contributed by atoms with van der Waals surface area (Å²) in [6.45, 7) is 1.44. The Balaban J connectivity index is 2.08. The molecule has 0 aromatic heterocycles. The summed E-state index contributed by atoms with van der Waals surface area (Å²) in [5.41, 5.74) is 2.31. The van der Waals surface area contributed by atoms with Crippen molar-refractivity contribution in [2.75, 3.05) is 20.8 Å². The second-order valence-electron chi connectivity index (χ2n) is 6.52. The summed E-state index contributed by atoms with van der Waals surface area (Å²) in [7, 11) is 3.00. The molecule has 3 rings (SSSR count). The average molecular weight is 398 g/mol. The van der Waals surface area contributed by atoms with Crippen LogP contribution in [0.4, 0.5) is 0 Å². The molecular weight excluding hydrogens is 376 g/mol. The number of carbonyl (C=O) groups excluding carboxylic acids is 2. The van der Waals surface area contributed by atoms with Gasteiger partial charge in [-0.1, -0.05) is 12.1 Å². The van der Waals surface area contributed by atoms with Crippen LogP contribution < -0.4 is 14.2 Å². The fourth-order valence-electron chi connectivity index (χ4n) is 3.37. The first kappa shape index (κ1) is 20.3. The number of aldehydes is 1. The third-order valence-electron chi connectivity index (χ3n) is 4.70. The van der Waals surface area contributed by atoms with Crippen LogP contribution in [0.2, 0.25) is 0 Å². The maximum Gasteiger partial charge on any atom is 0.302 e. The lowest BCUT2D eigenvalue weighted by Gasteiger charge is -2.20. The molecule has 1 heterocycles. The number of esters is 1. The maximum atomic E-state index is 11.4. The molecule has 0 amide bonds. The van der Waals surface area contributed by atoms with Crippen LogP contribution in [0, 0.1) is 0 Å². The Morgan fingerprint density at radius 2 is 1.93 bits per heavy atom. The van der Waals surface area contributed by atoms with Crippen LogP contribution in [-0.4, -0.2) is 38.2 Å². The van der Waals surface area contributed by atoms with Crippen molar-refractivity contribution in [2.24, 2.45) is 0 Å².